The number of likely N-dealkylation sites (tertiary alicyclic amines) is 1. The smallest absolute Gasteiger partial charge is 0.267 e. The van der Waals surface area contributed by atoms with Crippen molar-refractivity contribution in [2.24, 2.45) is 11.8 Å². The van der Waals surface area contributed by atoms with Gasteiger partial charge in [0.2, 0.25) is 17.7 Å². The summed E-state index contributed by atoms with van der Waals surface area (Å²) < 4.78 is 41.4. The molecule has 0 unspecified atom stereocenters. The molecule has 3 amide bonds. The Morgan fingerprint density at radius 2 is 1.97 bits per heavy atom. The van der Waals surface area contributed by atoms with Gasteiger partial charge in [0.1, 0.15) is 11.9 Å². The lowest BCUT2D eigenvalue weighted by atomic mass is 9.95. The first-order chi connectivity index (χ1) is 15.4. The molecule has 1 N–H and O–H groups in total. The Balaban J connectivity index is 1.38. The van der Waals surface area contributed by atoms with Crippen molar-refractivity contribution in [2.75, 3.05) is 6.54 Å². The lowest BCUT2D eigenvalue weighted by Crippen LogP contribution is -2.46. The number of hydrogen-bond donors (Lipinski definition) is 1. The molecule has 0 radical (unpaired) electrons. The molecule has 3 atom stereocenters. The number of amides is 3. The topological polar surface area (TPSA) is 69.7 Å². The van der Waals surface area contributed by atoms with Gasteiger partial charge in [-0.15, -0.1) is 0 Å². The van der Waals surface area contributed by atoms with Crippen molar-refractivity contribution >= 4 is 17.7 Å². The molecule has 33 heavy (non-hydrogen) atoms. The number of halogens is 3. The molecule has 0 aliphatic carbocycles. The van der Waals surface area contributed by atoms with Gasteiger partial charge in [0, 0.05) is 37.9 Å². The molecular weight excluding hydrogens is 435 g/mol. The minimum atomic E-state index is -2.92. The van der Waals surface area contributed by atoms with Crippen LogP contribution in [-0.2, 0) is 33.9 Å². The van der Waals surface area contributed by atoms with Crippen LogP contribution < -0.4 is 5.32 Å². The zero-order valence-electron chi connectivity index (χ0n) is 19.2. The molecule has 3 heterocycles. The van der Waals surface area contributed by atoms with Crippen molar-refractivity contribution in [3.8, 4) is 0 Å². The molecule has 2 saturated heterocycles. The number of hydrogen-bond acceptors (Lipinski definition) is 3. The summed E-state index contributed by atoms with van der Waals surface area (Å²) >= 11 is 0. The van der Waals surface area contributed by atoms with Crippen molar-refractivity contribution in [1.82, 2.24) is 15.1 Å². The van der Waals surface area contributed by atoms with Crippen molar-refractivity contribution in [1.29, 1.82) is 0 Å². The fraction of sp³-hybridized carbons (Fsp3) is 0.625. The van der Waals surface area contributed by atoms with Crippen LogP contribution in [-0.4, -0.2) is 52.1 Å². The van der Waals surface area contributed by atoms with E-state index in [4.69, 9.17) is 0 Å². The molecule has 180 valence electrons. The fourth-order valence-electron chi connectivity index (χ4n) is 5.28. The van der Waals surface area contributed by atoms with E-state index in [1.807, 2.05) is 0 Å². The number of nitrogens with one attached hydrogen (secondary N) is 1. The fourth-order valence-corrected chi connectivity index (χ4v) is 5.28. The monoisotopic (exact) mass is 465 g/mol. The minimum absolute atomic E-state index is 0.0721. The number of alkyl halides is 2. The Labute approximate surface area is 191 Å². The second-order valence-corrected chi connectivity index (χ2v) is 10.1. The molecule has 6 nitrogen and oxygen atoms in total. The number of fused-ring (bicyclic) bond motifs is 1. The van der Waals surface area contributed by atoms with Gasteiger partial charge in [-0.1, -0.05) is 13.8 Å². The molecule has 3 aliphatic rings. The highest BCUT2D eigenvalue weighted by atomic mass is 19.3. The summed E-state index contributed by atoms with van der Waals surface area (Å²) in [6.07, 6.45) is 0.352. The quantitative estimate of drug-likeness (QED) is 0.727. The average molecular weight is 466 g/mol. The van der Waals surface area contributed by atoms with Crippen LogP contribution in [0.4, 0.5) is 13.2 Å². The van der Waals surface area contributed by atoms with Gasteiger partial charge in [-0.3, -0.25) is 14.4 Å². The van der Waals surface area contributed by atoms with Crippen molar-refractivity contribution < 1.29 is 27.6 Å². The number of carbonyl (C=O) groups excluding carboxylic acids is 3. The van der Waals surface area contributed by atoms with Crippen LogP contribution in [0, 0.1) is 17.7 Å². The highest BCUT2D eigenvalue weighted by molar-refractivity contribution is 5.94. The average Bonchev–Trinajstić information content (AvgIpc) is 3.36. The highest BCUT2D eigenvalue weighted by Gasteiger charge is 2.48. The summed E-state index contributed by atoms with van der Waals surface area (Å²) in [7, 11) is 0. The molecule has 1 aromatic carbocycles. The van der Waals surface area contributed by atoms with Gasteiger partial charge in [-0.05, 0) is 54.5 Å². The van der Waals surface area contributed by atoms with Crippen LogP contribution >= 0.6 is 0 Å². The van der Waals surface area contributed by atoms with Crippen LogP contribution in [0.25, 0.3) is 0 Å². The molecule has 0 spiro atoms. The van der Waals surface area contributed by atoms with E-state index in [1.54, 1.807) is 11.8 Å². The Hall–Kier alpha value is -2.58. The minimum Gasteiger partial charge on any atom is -0.344 e. The number of benzene rings is 1. The van der Waals surface area contributed by atoms with E-state index >= 15 is 0 Å². The van der Waals surface area contributed by atoms with E-state index < -0.39 is 48.7 Å². The third kappa shape index (κ3) is 4.87. The maximum Gasteiger partial charge on any atom is 0.267 e. The maximum absolute atomic E-state index is 14.1. The summed E-state index contributed by atoms with van der Waals surface area (Å²) in [5, 5.41) is 2.58. The largest absolute Gasteiger partial charge is 0.344 e. The lowest BCUT2D eigenvalue weighted by Gasteiger charge is -2.24. The molecule has 1 aromatic rings. The lowest BCUT2D eigenvalue weighted by molar-refractivity contribution is -0.136. The van der Waals surface area contributed by atoms with Crippen LogP contribution in [0.1, 0.15) is 56.7 Å². The summed E-state index contributed by atoms with van der Waals surface area (Å²) in [5.41, 5.74) is 2.65. The molecule has 3 aliphatic heterocycles. The summed E-state index contributed by atoms with van der Waals surface area (Å²) in [6, 6.07) is 1.48. The predicted octanol–water partition coefficient (Wildman–Crippen LogP) is 3.02. The Morgan fingerprint density at radius 1 is 1.24 bits per heavy atom. The first kappa shape index (κ1) is 23.6. The van der Waals surface area contributed by atoms with Gasteiger partial charge in [-0.25, -0.2) is 13.2 Å². The summed E-state index contributed by atoms with van der Waals surface area (Å²) in [4.78, 5) is 40.9. The first-order valence-corrected chi connectivity index (χ1v) is 11.5. The molecule has 2 fully saturated rings. The third-order valence-electron chi connectivity index (χ3n) is 6.83. The Morgan fingerprint density at radius 3 is 2.61 bits per heavy atom. The standard InChI is InChI=1S/C24H30F3N3O3/c1-13(2)4-15-5-18(25)6-17-10-29(11-19(15)17)21(31)8-16-7-20(28-22(16)32)23(33)30-12-24(26,27)9-14(30)3/h5-6,13-14,16,20H,4,7-12H2,1-3H3,(H,28,32)/t14-,16+,20+/m1/s1. The zero-order valence-corrected chi connectivity index (χ0v) is 19.2. The van der Waals surface area contributed by atoms with E-state index in [1.165, 1.54) is 12.1 Å². The second kappa shape index (κ2) is 8.65. The van der Waals surface area contributed by atoms with E-state index in [9.17, 15) is 27.6 Å². The molecule has 0 bridgehead atoms. The molecule has 0 aromatic heterocycles. The van der Waals surface area contributed by atoms with Crippen LogP contribution in [0.15, 0.2) is 12.1 Å². The number of nitrogens with zero attached hydrogens (tertiary/aromatic N) is 2. The van der Waals surface area contributed by atoms with Gasteiger partial charge in [-0.2, -0.15) is 0 Å². The third-order valence-corrected chi connectivity index (χ3v) is 6.83. The molecule has 4 rings (SSSR count). The SMILES string of the molecule is CC(C)Cc1cc(F)cc2c1CN(C(=O)C[C@@H]1C[C@@H](C(=O)N3CC(F)(F)C[C@H]3C)NC1=O)C2. The van der Waals surface area contributed by atoms with Crippen molar-refractivity contribution in [2.45, 2.75) is 77.6 Å². The number of rotatable bonds is 5. The molecule has 0 saturated carbocycles. The van der Waals surface area contributed by atoms with E-state index in [2.05, 4.69) is 19.2 Å². The molecular formula is C24H30F3N3O3. The van der Waals surface area contributed by atoms with Gasteiger partial charge in [0.15, 0.2) is 0 Å². The van der Waals surface area contributed by atoms with Gasteiger partial charge in [0.05, 0.1) is 6.54 Å². The van der Waals surface area contributed by atoms with Gasteiger partial charge in [0.25, 0.3) is 5.92 Å². The van der Waals surface area contributed by atoms with Crippen LogP contribution in [0.5, 0.6) is 0 Å². The predicted molar refractivity (Wildman–Crippen MR) is 115 cm³/mol. The van der Waals surface area contributed by atoms with Crippen molar-refractivity contribution in [3.05, 3.63) is 34.6 Å². The maximum atomic E-state index is 14.1. The summed E-state index contributed by atoms with van der Waals surface area (Å²) in [5.74, 6) is -4.77. The molecule has 9 heteroatoms. The normalized spacial score (nSPS) is 26.2. The van der Waals surface area contributed by atoms with Gasteiger partial charge < -0.3 is 15.1 Å². The van der Waals surface area contributed by atoms with Crippen molar-refractivity contribution in [3.63, 3.8) is 0 Å². The Bertz CT molecular complexity index is 981. The van der Waals surface area contributed by atoms with E-state index in [0.717, 1.165) is 21.6 Å². The first-order valence-electron chi connectivity index (χ1n) is 11.5. The zero-order chi connectivity index (χ0) is 24.1. The van der Waals surface area contributed by atoms with E-state index in [0.29, 0.717) is 18.9 Å². The Kier molecular flexibility index (Phi) is 6.18. The number of carbonyl (C=O) groups is 3. The summed E-state index contributed by atoms with van der Waals surface area (Å²) in [6.45, 7) is 5.68. The van der Waals surface area contributed by atoms with Crippen LogP contribution in [0.3, 0.4) is 0 Å². The van der Waals surface area contributed by atoms with E-state index in [-0.39, 0.29) is 31.1 Å². The van der Waals surface area contributed by atoms with Crippen LogP contribution in [0.2, 0.25) is 0 Å². The van der Waals surface area contributed by atoms with Gasteiger partial charge >= 0.3 is 0 Å². The highest BCUT2D eigenvalue weighted by Crippen LogP contribution is 2.34. The second-order valence-electron chi connectivity index (χ2n) is 10.1.